The molecule has 0 unspecified atom stereocenters. The molecule has 7 nitrogen and oxygen atoms in total. The van der Waals surface area contributed by atoms with Crippen LogP contribution in [0.25, 0.3) is 0 Å². The fourth-order valence-electron chi connectivity index (χ4n) is 4.05. The number of hydrogen-bond donors (Lipinski definition) is 1. The van der Waals surface area contributed by atoms with E-state index < -0.39 is 28.5 Å². The van der Waals surface area contributed by atoms with E-state index in [4.69, 9.17) is 0 Å². The molecule has 0 spiro atoms. The molecule has 0 aliphatic carbocycles. The second-order valence-electron chi connectivity index (χ2n) is 9.42. The summed E-state index contributed by atoms with van der Waals surface area (Å²) >= 11 is 5.62. The summed E-state index contributed by atoms with van der Waals surface area (Å²) in [6.07, 6.45) is 2.09. The molecule has 39 heavy (non-hydrogen) atoms. The quantitative estimate of drug-likeness (QED) is 0.255. The van der Waals surface area contributed by atoms with Gasteiger partial charge in [0.2, 0.25) is 21.8 Å². The van der Waals surface area contributed by atoms with Gasteiger partial charge in [-0.3, -0.25) is 13.9 Å². The Kier molecular flexibility index (Phi) is 11.4. The van der Waals surface area contributed by atoms with Crippen LogP contribution in [-0.4, -0.2) is 50.0 Å². The lowest BCUT2D eigenvalue weighted by atomic mass is 10.0. The van der Waals surface area contributed by atoms with Crippen molar-refractivity contribution in [2.24, 2.45) is 0 Å². The predicted octanol–water partition coefficient (Wildman–Crippen LogP) is 5.37. The Morgan fingerprint density at radius 1 is 0.974 bits per heavy atom. The molecule has 3 aromatic rings. The summed E-state index contributed by atoms with van der Waals surface area (Å²) in [7, 11) is -3.79. The molecule has 208 valence electrons. The molecule has 3 aromatic carbocycles. The number of benzene rings is 3. The molecule has 0 fully saturated rings. The van der Waals surface area contributed by atoms with E-state index in [9.17, 15) is 18.0 Å². The third kappa shape index (κ3) is 9.32. The van der Waals surface area contributed by atoms with Gasteiger partial charge in [0.05, 0.1) is 11.9 Å². The highest BCUT2D eigenvalue weighted by atomic mass is 127. The van der Waals surface area contributed by atoms with Crippen LogP contribution in [0, 0.1) is 3.57 Å². The van der Waals surface area contributed by atoms with Crippen molar-refractivity contribution in [3.63, 3.8) is 0 Å². The Morgan fingerprint density at radius 2 is 1.62 bits per heavy atom. The number of hydrogen-bond acceptors (Lipinski definition) is 4. The van der Waals surface area contributed by atoms with Gasteiger partial charge < -0.3 is 10.2 Å². The van der Waals surface area contributed by atoms with Crippen molar-refractivity contribution in [2.45, 2.75) is 45.3 Å². The number of rotatable bonds is 12. The molecule has 0 aromatic heterocycles. The van der Waals surface area contributed by atoms with E-state index in [0.29, 0.717) is 5.69 Å². The van der Waals surface area contributed by atoms with Crippen molar-refractivity contribution in [1.29, 1.82) is 0 Å². The van der Waals surface area contributed by atoms with Crippen LogP contribution in [0.1, 0.15) is 31.4 Å². The van der Waals surface area contributed by atoms with E-state index >= 15 is 0 Å². The third-order valence-electron chi connectivity index (χ3n) is 6.31. The molecule has 0 radical (unpaired) electrons. The molecular formula is C29H33BrIN3O4S. The van der Waals surface area contributed by atoms with Crippen LogP contribution in [-0.2, 0) is 32.6 Å². The van der Waals surface area contributed by atoms with Gasteiger partial charge in [0.15, 0.2) is 0 Å². The lowest BCUT2D eigenvalue weighted by Crippen LogP contribution is -2.54. The maximum atomic E-state index is 14.0. The van der Waals surface area contributed by atoms with Crippen LogP contribution in [0.3, 0.4) is 0 Å². The average Bonchev–Trinajstić information content (AvgIpc) is 2.89. The minimum atomic E-state index is -3.79. The SMILES string of the molecule is CC[C@H](C)NC(=O)[C@H](Cc1ccccc1)N(Cc1cccc(Br)c1)C(=O)CN(c1ccc(I)cc1)S(C)(=O)=O. The van der Waals surface area contributed by atoms with E-state index in [-0.39, 0.29) is 24.9 Å². The third-order valence-corrected chi connectivity index (χ3v) is 8.66. The van der Waals surface area contributed by atoms with Gasteiger partial charge >= 0.3 is 0 Å². The van der Waals surface area contributed by atoms with Crippen molar-refractivity contribution in [3.8, 4) is 0 Å². The van der Waals surface area contributed by atoms with Crippen molar-refractivity contribution in [2.75, 3.05) is 17.1 Å². The molecule has 0 saturated carbocycles. The fraction of sp³-hybridized carbons (Fsp3) is 0.310. The number of carbonyl (C=O) groups is 2. The molecule has 1 N–H and O–H groups in total. The van der Waals surface area contributed by atoms with Crippen LogP contribution in [0.5, 0.6) is 0 Å². The fourth-order valence-corrected chi connectivity index (χ4v) is 5.70. The number of anilines is 1. The van der Waals surface area contributed by atoms with Crippen LogP contribution >= 0.6 is 38.5 Å². The number of nitrogens with one attached hydrogen (secondary N) is 1. The molecule has 0 bridgehead atoms. The van der Waals surface area contributed by atoms with Gasteiger partial charge in [-0.2, -0.15) is 0 Å². The Morgan fingerprint density at radius 3 is 2.21 bits per heavy atom. The minimum Gasteiger partial charge on any atom is -0.352 e. The number of sulfonamides is 1. The standard InChI is InChI=1S/C29H33BrIN3O4S/c1-4-21(2)32-29(36)27(18-22-9-6-5-7-10-22)33(19-23-11-8-12-24(30)17-23)28(35)20-34(39(3,37)38)26-15-13-25(31)14-16-26/h5-17,21,27H,4,18-20H2,1-3H3,(H,32,36)/t21-,27-/m0/s1. The zero-order chi connectivity index (χ0) is 28.6. The van der Waals surface area contributed by atoms with E-state index in [0.717, 1.165) is 36.2 Å². The number of nitrogens with zero attached hydrogens (tertiary/aromatic N) is 2. The van der Waals surface area contributed by atoms with Gasteiger partial charge in [-0.05, 0) is 83.5 Å². The van der Waals surface area contributed by atoms with Crippen molar-refractivity contribution >= 4 is 66.0 Å². The molecule has 0 aliphatic rings. The second-order valence-corrected chi connectivity index (χ2v) is 13.5. The monoisotopic (exact) mass is 725 g/mol. The summed E-state index contributed by atoms with van der Waals surface area (Å²) in [5.41, 5.74) is 2.09. The molecule has 2 amide bonds. The van der Waals surface area contributed by atoms with Crippen LogP contribution in [0.2, 0.25) is 0 Å². The normalized spacial score (nSPS) is 12.8. The maximum absolute atomic E-state index is 14.0. The Hall–Kier alpha value is -2.44. The number of halogens is 2. The molecule has 10 heteroatoms. The summed E-state index contributed by atoms with van der Waals surface area (Å²) in [4.78, 5) is 29.2. The maximum Gasteiger partial charge on any atom is 0.244 e. The van der Waals surface area contributed by atoms with Crippen molar-refractivity contribution in [3.05, 3.63) is 98.0 Å². The first-order chi connectivity index (χ1) is 18.5. The van der Waals surface area contributed by atoms with E-state index in [1.54, 1.807) is 24.3 Å². The summed E-state index contributed by atoms with van der Waals surface area (Å²) in [6.45, 7) is 3.59. The van der Waals surface area contributed by atoms with Crippen molar-refractivity contribution < 1.29 is 18.0 Å². The molecular weight excluding hydrogens is 693 g/mol. The first-order valence-electron chi connectivity index (χ1n) is 12.6. The number of carbonyl (C=O) groups excluding carboxylic acids is 2. The highest BCUT2D eigenvalue weighted by Gasteiger charge is 2.33. The summed E-state index contributed by atoms with van der Waals surface area (Å²) in [5, 5.41) is 3.03. The second kappa shape index (κ2) is 14.3. The van der Waals surface area contributed by atoms with Crippen LogP contribution < -0.4 is 9.62 Å². The number of amides is 2. The highest BCUT2D eigenvalue weighted by molar-refractivity contribution is 14.1. The highest BCUT2D eigenvalue weighted by Crippen LogP contribution is 2.22. The molecule has 3 rings (SSSR count). The zero-order valence-corrected chi connectivity index (χ0v) is 26.7. The van der Waals surface area contributed by atoms with Gasteiger partial charge in [-0.1, -0.05) is 65.3 Å². The van der Waals surface area contributed by atoms with Gasteiger partial charge in [0.25, 0.3) is 0 Å². The Labute approximate surface area is 253 Å². The lowest BCUT2D eigenvalue weighted by molar-refractivity contribution is -0.140. The molecule has 2 atom stereocenters. The first-order valence-corrected chi connectivity index (χ1v) is 16.3. The van der Waals surface area contributed by atoms with Gasteiger partial charge in [0.1, 0.15) is 12.6 Å². The van der Waals surface area contributed by atoms with Crippen molar-refractivity contribution in [1.82, 2.24) is 10.2 Å². The van der Waals surface area contributed by atoms with Gasteiger partial charge in [-0.25, -0.2) is 8.42 Å². The Balaban J connectivity index is 2.05. The van der Waals surface area contributed by atoms with Gasteiger partial charge in [0, 0.05) is 27.1 Å². The molecule has 0 saturated heterocycles. The smallest absolute Gasteiger partial charge is 0.244 e. The van der Waals surface area contributed by atoms with E-state index in [1.807, 2.05) is 68.4 Å². The lowest BCUT2D eigenvalue weighted by Gasteiger charge is -2.34. The average molecular weight is 726 g/mol. The summed E-state index contributed by atoms with van der Waals surface area (Å²) in [5.74, 6) is -0.754. The molecule has 0 aliphatic heterocycles. The van der Waals surface area contributed by atoms with Crippen LogP contribution in [0.4, 0.5) is 5.69 Å². The first kappa shape index (κ1) is 31.1. The topological polar surface area (TPSA) is 86.8 Å². The van der Waals surface area contributed by atoms with E-state index in [2.05, 4.69) is 43.8 Å². The zero-order valence-electron chi connectivity index (χ0n) is 22.2. The summed E-state index contributed by atoms with van der Waals surface area (Å²) in [6, 6.07) is 23.0. The van der Waals surface area contributed by atoms with E-state index in [1.165, 1.54) is 4.90 Å². The minimum absolute atomic E-state index is 0.0853. The van der Waals surface area contributed by atoms with Crippen LogP contribution in [0.15, 0.2) is 83.3 Å². The molecule has 0 heterocycles. The Bertz CT molecular complexity index is 1370. The van der Waals surface area contributed by atoms with Gasteiger partial charge in [-0.15, -0.1) is 0 Å². The largest absolute Gasteiger partial charge is 0.352 e. The summed E-state index contributed by atoms with van der Waals surface area (Å²) < 4.78 is 28.5. The predicted molar refractivity (Wildman–Crippen MR) is 168 cm³/mol.